The third kappa shape index (κ3) is 1.91. The molecule has 2 heterocycles. The summed E-state index contributed by atoms with van der Waals surface area (Å²) in [6.07, 6.45) is 3.89. The number of pyridine rings is 1. The first-order chi connectivity index (χ1) is 7.53. The van der Waals surface area contributed by atoms with Crippen molar-refractivity contribution in [1.82, 2.24) is 14.5 Å². The zero-order chi connectivity index (χ0) is 11.8. The minimum absolute atomic E-state index is 0.217. The molecule has 5 heteroatoms. The van der Waals surface area contributed by atoms with Gasteiger partial charge in [-0.1, -0.05) is 0 Å². The summed E-state index contributed by atoms with van der Waals surface area (Å²) < 4.78 is 1.96. The monoisotopic (exact) mass is 220 g/mol. The van der Waals surface area contributed by atoms with Crippen molar-refractivity contribution in [2.75, 3.05) is 6.54 Å². The third-order valence-corrected chi connectivity index (χ3v) is 2.75. The molecule has 3 N–H and O–H groups in total. The zero-order valence-corrected chi connectivity index (χ0v) is 9.51. The fourth-order valence-corrected chi connectivity index (χ4v) is 1.67. The maximum absolute atomic E-state index is 9.93. The van der Waals surface area contributed by atoms with Crippen molar-refractivity contribution < 1.29 is 5.11 Å². The highest BCUT2D eigenvalue weighted by molar-refractivity contribution is 5.74. The van der Waals surface area contributed by atoms with Crippen LogP contribution in [0.1, 0.15) is 12.7 Å². The van der Waals surface area contributed by atoms with Crippen LogP contribution in [0.5, 0.6) is 0 Å². The number of fused-ring (bicyclic) bond motifs is 1. The Balaban J connectivity index is 2.42. The van der Waals surface area contributed by atoms with Crippen LogP contribution in [0.25, 0.3) is 11.0 Å². The summed E-state index contributed by atoms with van der Waals surface area (Å²) in [7, 11) is 1.93. The summed E-state index contributed by atoms with van der Waals surface area (Å²) in [4.78, 5) is 8.45. The molecule has 1 atom stereocenters. The lowest BCUT2D eigenvalue weighted by atomic mass is 10.0. The van der Waals surface area contributed by atoms with Crippen LogP contribution in [0.4, 0.5) is 0 Å². The Morgan fingerprint density at radius 3 is 2.94 bits per heavy atom. The van der Waals surface area contributed by atoms with E-state index in [-0.39, 0.29) is 6.54 Å². The third-order valence-electron chi connectivity index (χ3n) is 2.75. The molecule has 0 aliphatic carbocycles. The van der Waals surface area contributed by atoms with Crippen LogP contribution in [0.3, 0.4) is 0 Å². The lowest BCUT2D eigenvalue weighted by molar-refractivity contribution is 0.0670. The number of rotatable bonds is 3. The van der Waals surface area contributed by atoms with Gasteiger partial charge in [0, 0.05) is 26.2 Å². The molecule has 86 valence electrons. The molecular formula is C11H16N4O. The SMILES string of the molecule is Cn1c(CC(C)(O)CN)nc2cnccc21. The van der Waals surface area contributed by atoms with Crippen molar-refractivity contribution in [3.63, 3.8) is 0 Å². The summed E-state index contributed by atoms with van der Waals surface area (Å²) in [6.45, 7) is 1.93. The van der Waals surface area contributed by atoms with Gasteiger partial charge in [0.15, 0.2) is 0 Å². The van der Waals surface area contributed by atoms with Gasteiger partial charge in [-0.05, 0) is 13.0 Å². The molecule has 0 aliphatic heterocycles. The Labute approximate surface area is 93.9 Å². The highest BCUT2D eigenvalue weighted by Crippen LogP contribution is 2.17. The first-order valence-electron chi connectivity index (χ1n) is 5.21. The van der Waals surface area contributed by atoms with Crippen LogP contribution in [0.15, 0.2) is 18.5 Å². The van der Waals surface area contributed by atoms with Gasteiger partial charge in [0.25, 0.3) is 0 Å². The maximum atomic E-state index is 9.93. The Morgan fingerprint density at radius 1 is 1.56 bits per heavy atom. The van der Waals surface area contributed by atoms with Gasteiger partial charge in [-0.3, -0.25) is 4.98 Å². The zero-order valence-electron chi connectivity index (χ0n) is 9.51. The molecule has 2 aromatic rings. The molecule has 0 amide bonds. The molecule has 1 unspecified atom stereocenters. The Bertz CT molecular complexity index is 504. The smallest absolute Gasteiger partial charge is 0.112 e. The van der Waals surface area contributed by atoms with Gasteiger partial charge in [-0.15, -0.1) is 0 Å². The molecule has 2 rings (SSSR count). The lowest BCUT2D eigenvalue weighted by Gasteiger charge is -2.20. The first-order valence-corrected chi connectivity index (χ1v) is 5.21. The van der Waals surface area contributed by atoms with E-state index in [0.717, 1.165) is 16.9 Å². The van der Waals surface area contributed by atoms with Crippen LogP contribution in [-0.2, 0) is 13.5 Å². The van der Waals surface area contributed by atoms with Gasteiger partial charge < -0.3 is 15.4 Å². The second-order valence-corrected chi connectivity index (χ2v) is 4.33. The molecule has 16 heavy (non-hydrogen) atoms. The van der Waals surface area contributed by atoms with E-state index in [0.29, 0.717) is 6.42 Å². The second-order valence-electron chi connectivity index (χ2n) is 4.33. The number of hydrogen-bond acceptors (Lipinski definition) is 4. The lowest BCUT2D eigenvalue weighted by Crippen LogP contribution is -2.37. The molecule has 0 saturated carbocycles. The number of imidazole rings is 1. The molecule has 0 aliphatic rings. The summed E-state index contributed by atoms with van der Waals surface area (Å²) in [6, 6.07) is 1.91. The predicted octanol–water partition coefficient (Wildman–Crippen LogP) is 0.221. The van der Waals surface area contributed by atoms with Crippen LogP contribution >= 0.6 is 0 Å². The van der Waals surface area contributed by atoms with Gasteiger partial charge in [0.05, 0.1) is 17.3 Å². The predicted molar refractivity (Wildman–Crippen MR) is 61.9 cm³/mol. The minimum Gasteiger partial charge on any atom is -0.388 e. The molecule has 0 spiro atoms. The van der Waals surface area contributed by atoms with Crippen molar-refractivity contribution in [2.24, 2.45) is 12.8 Å². The Hall–Kier alpha value is -1.46. The molecule has 5 nitrogen and oxygen atoms in total. The number of nitrogens with zero attached hydrogens (tertiary/aromatic N) is 3. The molecule has 0 saturated heterocycles. The standard InChI is InChI=1S/C11H16N4O/c1-11(16,7-12)5-10-14-8-6-13-4-3-9(8)15(10)2/h3-4,6,16H,5,7,12H2,1-2H3. The molecule has 0 bridgehead atoms. The average Bonchev–Trinajstić information content (AvgIpc) is 2.56. The van der Waals surface area contributed by atoms with E-state index in [4.69, 9.17) is 5.73 Å². The van der Waals surface area contributed by atoms with Crippen molar-refractivity contribution in [3.05, 3.63) is 24.3 Å². The van der Waals surface area contributed by atoms with Gasteiger partial charge in [0.1, 0.15) is 11.3 Å². The van der Waals surface area contributed by atoms with Crippen molar-refractivity contribution in [1.29, 1.82) is 0 Å². The van der Waals surface area contributed by atoms with Crippen molar-refractivity contribution >= 4 is 11.0 Å². The van der Waals surface area contributed by atoms with Crippen molar-refractivity contribution in [3.8, 4) is 0 Å². The fraction of sp³-hybridized carbons (Fsp3) is 0.455. The number of nitrogens with two attached hydrogens (primary N) is 1. The summed E-state index contributed by atoms with van der Waals surface area (Å²) in [5.74, 6) is 0.818. The Kier molecular flexibility index (Phi) is 2.65. The van der Waals surface area contributed by atoms with E-state index in [2.05, 4.69) is 9.97 Å². The van der Waals surface area contributed by atoms with Gasteiger partial charge in [0.2, 0.25) is 0 Å². The highest BCUT2D eigenvalue weighted by atomic mass is 16.3. The average molecular weight is 220 g/mol. The number of aryl methyl sites for hydroxylation is 1. The first kappa shape index (κ1) is 11.0. The maximum Gasteiger partial charge on any atom is 0.112 e. The van der Waals surface area contributed by atoms with E-state index in [1.54, 1.807) is 19.3 Å². The number of aliphatic hydroxyl groups is 1. The summed E-state index contributed by atoms with van der Waals surface area (Å²) in [5, 5.41) is 9.93. The minimum atomic E-state index is -0.914. The molecule has 0 aromatic carbocycles. The summed E-state index contributed by atoms with van der Waals surface area (Å²) >= 11 is 0. The van der Waals surface area contributed by atoms with E-state index in [9.17, 15) is 5.11 Å². The molecular weight excluding hydrogens is 204 g/mol. The van der Waals surface area contributed by atoms with Crippen LogP contribution in [0, 0.1) is 0 Å². The van der Waals surface area contributed by atoms with Gasteiger partial charge >= 0.3 is 0 Å². The van der Waals surface area contributed by atoms with E-state index < -0.39 is 5.60 Å². The van der Waals surface area contributed by atoms with E-state index >= 15 is 0 Å². The quantitative estimate of drug-likeness (QED) is 0.775. The van der Waals surface area contributed by atoms with Crippen molar-refractivity contribution in [2.45, 2.75) is 18.9 Å². The van der Waals surface area contributed by atoms with E-state index in [1.807, 2.05) is 17.7 Å². The largest absolute Gasteiger partial charge is 0.388 e. The Morgan fingerprint density at radius 2 is 2.31 bits per heavy atom. The van der Waals surface area contributed by atoms with Crippen LogP contribution < -0.4 is 5.73 Å². The van der Waals surface area contributed by atoms with E-state index in [1.165, 1.54) is 0 Å². The number of aromatic nitrogens is 3. The normalized spacial score (nSPS) is 15.2. The molecule has 0 fully saturated rings. The molecule has 0 radical (unpaired) electrons. The van der Waals surface area contributed by atoms with Gasteiger partial charge in [-0.25, -0.2) is 4.98 Å². The number of hydrogen-bond donors (Lipinski definition) is 2. The second kappa shape index (κ2) is 3.84. The van der Waals surface area contributed by atoms with Crippen LogP contribution in [0.2, 0.25) is 0 Å². The van der Waals surface area contributed by atoms with Gasteiger partial charge in [-0.2, -0.15) is 0 Å². The van der Waals surface area contributed by atoms with Crippen LogP contribution in [-0.4, -0.2) is 31.8 Å². The summed E-state index contributed by atoms with van der Waals surface area (Å²) in [5.41, 5.74) is 6.44. The highest BCUT2D eigenvalue weighted by Gasteiger charge is 2.22. The fourth-order valence-electron chi connectivity index (χ4n) is 1.67. The topological polar surface area (TPSA) is 77.0 Å². The molecule has 2 aromatic heterocycles.